The Balaban J connectivity index is 1.97. The van der Waals surface area contributed by atoms with Crippen molar-refractivity contribution in [3.8, 4) is 11.1 Å². The molecule has 0 bridgehead atoms. The standard InChI is InChI=1S/C21H17BrF5N7O2S/c1-4-34-7(2)9(6-29-34)8-5-10(17(23)24)30-20-11(8)13(15(37-20)18(28)35)31-19(36)14-12(22)16(21(25,26)27)32-33(14)3/h5-6,17H,4H2,1-3H3,(H2,28,35)(H,31,36). The van der Waals surface area contributed by atoms with E-state index in [0.29, 0.717) is 29.1 Å². The molecule has 16 heteroatoms. The Kier molecular flexibility index (Phi) is 6.83. The van der Waals surface area contributed by atoms with Gasteiger partial charge in [-0.25, -0.2) is 13.8 Å². The van der Waals surface area contributed by atoms with Gasteiger partial charge in [0.1, 0.15) is 21.1 Å². The van der Waals surface area contributed by atoms with Crippen LogP contribution in [0.4, 0.5) is 27.6 Å². The highest BCUT2D eigenvalue weighted by Gasteiger charge is 2.39. The zero-order valence-electron chi connectivity index (χ0n) is 19.2. The molecule has 196 valence electrons. The molecule has 0 saturated carbocycles. The Morgan fingerprint density at radius 3 is 2.46 bits per heavy atom. The fraction of sp³-hybridized carbons (Fsp3) is 0.286. The molecule has 4 aromatic rings. The van der Waals surface area contributed by atoms with Crippen LogP contribution in [0.3, 0.4) is 0 Å². The van der Waals surface area contributed by atoms with Gasteiger partial charge in [0.2, 0.25) is 0 Å². The predicted octanol–water partition coefficient (Wildman–Crippen LogP) is 5.29. The van der Waals surface area contributed by atoms with Crippen molar-refractivity contribution in [2.45, 2.75) is 33.0 Å². The second-order valence-corrected chi connectivity index (χ2v) is 9.58. The van der Waals surface area contributed by atoms with E-state index >= 15 is 0 Å². The van der Waals surface area contributed by atoms with Gasteiger partial charge in [-0.1, -0.05) is 0 Å². The third kappa shape index (κ3) is 4.58. The number of aryl methyl sites for hydroxylation is 2. The summed E-state index contributed by atoms with van der Waals surface area (Å²) in [5, 5.41) is 10.1. The van der Waals surface area contributed by atoms with Crippen LogP contribution in [0.5, 0.6) is 0 Å². The number of primary amides is 1. The SMILES string of the molecule is CCn1ncc(-c2cc(C(F)F)nc3sc(C(N)=O)c(NC(=O)c4c(Br)c(C(F)(F)F)nn4C)c23)c1C. The van der Waals surface area contributed by atoms with E-state index in [4.69, 9.17) is 5.73 Å². The van der Waals surface area contributed by atoms with Crippen LogP contribution < -0.4 is 11.1 Å². The number of alkyl halides is 5. The van der Waals surface area contributed by atoms with E-state index in [9.17, 15) is 31.5 Å². The number of aromatic nitrogens is 5. The van der Waals surface area contributed by atoms with Gasteiger partial charge in [0, 0.05) is 30.2 Å². The lowest BCUT2D eigenvalue weighted by molar-refractivity contribution is -0.142. The molecule has 0 saturated heterocycles. The summed E-state index contributed by atoms with van der Waals surface area (Å²) in [6, 6.07) is 1.12. The van der Waals surface area contributed by atoms with Gasteiger partial charge in [-0.15, -0.1) is 11.3 Å². The quantitative estimate of drug-likeness (QED) is 0.289. The van der Waals surface area contributed by atoms with Crippen molar-refractivity contribution in [3.63, 3.8) is 0 Å². The summed E-state index contributed by atoms with van der Waals surface area (Å²) in [6.45, 7) is 4.03. The molecule has 37 heavy (non-hydrogen) atoms. The minimum Gasteiger partial charge on any atom is -0.365 e. The average Bonchev–Trinajstić information content (AvgIpc) is 3.45. The molecule has 3 N–H and O–H groups in total. The monoisotopic (exact) mass is 605 g/mol. The van der Waals surface area contributed by atoms with Crippen molar-refractivity contribution in [3.05, 3.63) is 44.4 Å². The van der Waals surface area contributed by atoms with E-state index in [-0.39, 0.29) is 26.3 Å². The van der Waals surface area contributed by atoms with Gasteiger partial charge in [-0.05, 0) is 41.4 Å². The van der Waals surface area contributed by atoms with Crippen molar-refractivity contribution in [1.82, 2.24) is 24.5 Å². The van der Waals surface area contributed by atoms with Gasteiger partial charge >= 0.3 is 6.18 Å². The number of hydrogen-bond donors (Lipinski definition) is 2. The lowest BCUT2D eigenvalue weighted by atomic mass is 10.0. The number of rotatable bonds is 6. The molecule has 4 rings (SSSR count). The molecular formula is C21H17BrF5N7O2S. The molecule has 4 heterocycles. The number of thiophene rings is 1. The number of anilines is 1. The number of fused-ring (bicyclic) bond motifs is 1. The van der Waals surface area contributed by atoms with Gasteiger partial charge < -0.3 is 11.1 Å². The summed E-state index contributed by atoms with van der Waals surface area (Å²) in [7, 11) is 1.14. The van der Waals surface area contributed by atoms with Crippen LogP contribution in [0.1, 0.15) is 50.6 Å². The summed E-state index contributed by atoms with van der Waals surface area (Å²) in [5.74, 6) is -2.05. The van der Waals surface area contributed by atoms with Crippen LogP contribution in [-0.2, 0) is 19.8 Å². The summed E-state index contributed by atoms with van der Waals surface area (Å²) >= 11 is 3.45. The molecule has 0 aliphatic heterocycles. The number of nitrogens with one attached hydrogen (secondary N) is 1. The molecular weight excluding hydrogens is 589 g/mol. The molecule has 0 atom stereocenters. The van der Waals surface area contributed by atoms with Crippen LogP contribution in [0.2, 0.25) is 0 Å². The Labute approximate surface area is 217 Å². The minimum atomic E-state index is -4.84. The van der Waals surface area contributed by atoms with E-state index in [1.165, 1.54) is 6.20 Å². The summed E-state index contributed by atoms with van der Waals surface area (Å²) in [4.78, 5) is 29.1. The number of carbonyl (C=O) groups excluding carboxylic acids is 2. The van der Waals surface area contributed by atoms with E-state index in [1.807, 2.05) is 6.92 Å². The average molecular weight is 606 g/mol. The van der Waals surface area contributed by atoms with E-state index in [2.05, 4.69) is 36.4 Å². The highest BCUT2D eigenvalue weighted by atomic mass is 79.9. The first kappa shape index (κ1) is 26.7. The first-order valence-electron chi connectivity index (χ1n) is 10.4. The Morgan fingerprint density at radius 2 is 1.95 bits per heavy atom. The highest BCUT2D eigenvalue weighted by Crippen LogP contribution is 2.44. The molecule has 0 aliphatic carbocycles. The Morgan fingerprint density at radius 1 is 1.27 bits per heavy atom. The first-order valence-corrected chi connectivity index (χ1v) is 12.1. The van der Waals surface area contributed by atoms with E-state index < -0.39 is 46.0 Å². The van der Waals surface area contributed by atoms with Gasteiger partial charge in [-0.3, -0.25) is 19.0 Å². The van der Waals surface area contributed by atoms with Gasteiger partial charge in [0.25, 0.3) is 18.2 Å². The normalized spacial score (nSPS) is 12.1. The Bertz CT molecular complexity index is 1560. The van der Waals surface area contributed by atoms with Crippen LogP contribution in [0.25, 0.3) is 21.3 Å². The third-order valence-electron chi connectivity index (χ3n) is 5.53. The number of hydrogen-bond acceptors (Lipinski definition) is 6. The van der Waals surface area contributed by atoms with Crippen molar-refractivity contribution in [2.75, 3.05) is 5.32 Å². The zero-order chi connectivity index (χ0) is 27.4. The number of nitrogens with two attached hydrogens (primary N) is 1. The molecule has 4 aromatic heterocycles. The zero-order valence-corrected chi connectivity index (χ0v) is 21.6. The first-order chi connectivity index (χ1) is 17.3. The molecule has 0 spiro atoms. The number of nitrogens with zero attached hydrogens (tertiary/aromatic N) is 5. The topological polar surface area (TPSA) is 121 Å². The summed E-state index contributed by atoms with van der Waals surface area (Å²) in [5.41, 5.74) is 4.18. The van der Waals surface area contributed by atoms with Gasteiger partial charge in [-0.2, -0.15) is 23.4 Å². The van der Waals surface area contributed by atoms with Gasteiger partial charge in [0.15, 0.2) is 5.69 Å². The number of amides is 2. The lowest BCUT2D eigenvalue weighted by Gasteiger charge is -2.11. The highest BCUT2D eigenvalue weighted by molar-refractivity contribution is 9.10. The van der Waals surface area contributed by atoms with Crippen LogP contribution in [0, 0.1) is 6.92 Å². The maximum Gasteiger partial charge on any atom is 0.436 e. The number of halogens is 6. The molecule has 0 fully saturated rings. The maximum atomic E-state index is 13.7. The minimum absolute atomic E-state index is 0.0272. The van der Waals surface area contributed by atoms with Crippen molar-refractivity contribution < 1.29 is 31.5 Å². The fourth-order valence-corrected chi connectivity index (χ4v) is 5.62. The molecule has 0 aliphatic rings. The van der Waals surface area contributed by atoms with Crippen molar-refractivity contribution >= 4 is 55.0 Å². The van der Waals surface area contributed by atoms with E-state index in [0.717, 1.165) is 17.8 Å². The maximum absolute atomic E-state index is 13.7. The predicted molar refractivity (Wildman–Crippen MR) is 129 cm³/mol. The van der Waals surface area contributed by atoms with Crippen molar-refractivity contribution in [2.24, 2.45) is 12.8 Å². The lowest BCUT2D eigenvalue weighted by Crippen LogP contribution is -2.19. The van der Waals surface area contributed by atoms with Gasteiger partial charge in [0.05, 0.1) is 16.4 Å². The molecule has 2 amide bonds. The summed E-state index contributed by atoms with van der Waals surface area (Å²) in [6.07, 6.45) is -6.35. The van der Waals surface area contributed by atoms with Crippen LogP contribution in [0.15, 0.2) is 16.7 Å². The Hall–Kier alpha value is -3.40. The largest absolute Gasteiger partial charge is 0.436 e. The second kappa shape index (κ2) is 9.48. The third-order valence-corrected chi connectivity index (χ3v) is 7.38. The van der Waals surface area contributed by atoms with Crippen LogP contribution >= 0.6 is 27.3 Å². The number of pyridine rings is 1. The second-order valence-electron chi connectivity index (χ2n) is 7.79. The molecule has 0 aromatic carbocycles. The summed E-state index contributed by atoms with van der Waals surface area (Å²) < 4.78 is 69.0. The fourth-order valence-electron chi connectivity index (χ4n) is 3.86. The van der Waals surface area contributed by atoms with E-state index in [1.54, 1.807) is 11.6 Å². The molecule has 9 nitrogen and oxygen atoms in total. The van der Waals surface area contributed by atoms with Crippen molar-refractivity contribution in [1.29, 1.82) is 0 Å². The number of carbonyl (C=O) groups is 2. The smallest absolute Gasteiger partial charge is 0.365 e. The molecule has 0 radical (unpaired) electrons. The van der Waals surface area contributed by atoms with Crippen LogP contribution in [-0.4, -0.2) is 36.4 Å². The molecule has 0 unspecified atom stereocenters.